The number of aromatic nitrogens is 1. The van der Waals surface area contributed by atoms with Gasteiger partial charge in [-0.2, -0.15) is 0 Å². The average Bonchev–Trinajstić information content (AvgIpc) is 2.56. The van der Waals surface area contributed by atoms with Gasteiger partial charge in [0.1, 0.15) is 0 Å². The van der Waals surface area contributed by atoms with Crippen molar-refractivity contribution in [3.63, 3.8) is 0 Å². The molecule has 0 unspecified atom stereocenters. The summed E-state index contributed by atoms with van der Waals surface area (Å²) in [5.41, 5.74) is 2.10. The van der Waals surface area contributed by atoms with Crippen molar-refractivity contribution in [1.29, 1.82) is 0 Å². The summed E-state index contributed by atoms with van der Waals surface area (Å²) in [6.07, 6.45) is 0. The van der Waals surface area contributed by atoms with Crippen LogP contribution in [0.2, 0.25) is 0 Å². The quantitative estimate of drug-likeness (QED) is 0.410. The van der Waals surface area contributed by atoms with Crippen molar-refractivity contribution >= 4 is 29.9 Å². The van der Waals surface area contributed by atoms with Gasteiger partial charge in [-0.25, -0.2) is 0 Å². The van der Waals surface area contributed by atoms with Crippen LogP contribution in [0.4, 0.5) is 0 Å². The van der Waals surface area contributed by atoms with E-state index in [-0.39, 0.29) is 29.5 Å². The number of nitrogens with zero attached hydrogens (tertiary/aromatic N) is 3. The fourth-order valence-electron chi connectivity index (χ4n) is 2.67. The number of hydrogen-bond acceptors (Lipinski definition) is 4. The zero-order valence-corrected chi connectivity index (χ0v) is 17.5. The van der Waals surface area contributed by atoms with Crippen LogP contribution in [-0.4, -0.2) is 61.3 Å². The van der Waals surface area contributed by atoms with Crippen molar-refractivity contribution < 1.29 is 4.74 Å². The predicted octanol–water partition coefficient (Wildman–Crippen LogP) is 1.78. The molecule has 1 aliphatic heterocycles. The predicted molar refractivity (Wildman–Crippen MR) is 109 cm³/mol. The van der Waals surface area contributed by atoms with Gasteiger partial charge in [0.15, 0.2) is 5.96 Å². The fourth-order valence-corrected chi connectivity index (χ4v) is 2.67. The zero-order valence-electron chi connectivity index (χ0n) is 15.1. The average molecular weight is 447 g/mol. The van der Waals surface area contributed by atoms with E-state index in [0.29, 0.717) is 6.54 Å². The van der Waals surface area contributed by atoms with Crippen molar-refractivity contribution in [2.45, 2.75) is 32.9 Å². The molecule has 6 nitrogen and oxygen atoms in total. The maximum Gasteiger partial charge on any atom is 0.191 e. The molecule has 2 heterocycles. The summed E-state index contributed by atoms with van der Waals surface area (Å²) in [6, 6.07) is 6.05. The molecule has 0 atom stereocenters. The standard InChI is InChI=1S/C17H29N5O.HI/c1-14-6-5-7-15(21-14)12-19-16(18-4)20-13-17(2,3)22-8-10-23-11-9-22;/h5-7H,8-13H2,1-4H3,(H2,18,19,20);1H. The van der Waals surface area contributed by atoms with Gasteiger partial charge in [0.2, 0.25) is 0 Å². The van der Waals surface area contributed by atoms with Gasteiger partial charge in [-0.3, -0.25) is 14.9 Å². The Labute approximate surface area is 162 Å². The molecule has 24 heavy (non-hydrogen) atoms. The molecule has 0 bridgehead atoms. The van der Waals surface area contributed by atoms with E-state index in [9.17, 15) is 0 Å². The number of nitrogens with one attached hydrogen (secondary N) is 2. The van der Waals surface area contributed by atoms with Gasteiger partial charge in [0, 0.05) is 37.9 Å². The van der Waals surface area contributed by atoms with Gasteiger partial charge in [0.05, 0.1) is 25.5 Å². The molecule has 1 aromatic heterocycles. The van der Waals surface area contributed by atoms with Crippen LogP contribution in [0.15, 0.2) is 23.2 Å². The molecular weight excluding hydrogens is 417 g/mol. The van der Waals surface area contributed by atoms with Crippen LogP contribution in [0.25, 0.3) is 0 Å². The third-order valence-corrected chi connectivity index (χ3v) is 4.16. The van der Waals surface area contributed by atoms with E-state index >= 15 is 0 Å². The van der Waals surface area contributed by atoms with E-state index in [1.165, 1.54) is 0 Å². The van der Waals surface area contributed by atoms with Gasteiger partial charge < -0.3 is 15.4 Å². The molecule has 2 rings (SSSR count). The summed E-state index contributed by atoms with van der Waals surface area (Å²) >= 11 is 0. The monoisotopic (exact) mass is 447 g/mol. The van der Waals surface area contributed by atoms with Crippen LogP contribution in [0.1, 0.15) is 25.2 Å². The molecule has 1 aliphatic rings. The highest BCUT2D eigenvalue weighted by atomic mass is 127. The van der Waals surface area contributed by atoms with Crippen LogP contribution in [0, 0.1) is 6.92 Å². The van der Waals surface area contributed by atoms with Crippen molar-refractivity contribution in [1.82, 2.24) is 20.5 Å². The molecule has 1 fully saturated rings. The minimum Gasteiger partial charge on any atom is -0.379 e. The second-order valence-corrected chi connectivity index (χ2v) is 6.46. The molecule has 7 heteroatoms. The van der Waals surface area contributed by atoms with Gasteiger partial charge in [-0.05, 0) is 32.9 Å². The van der Waals surface area contributed by atoms with E-state index in [4.69, 9.17) is 4.74 Å². The maximum absolute atomic E-state index is 5.43. The molecule has 0 radical (unpaired) electrons. The second kappa shape index (κ2) is 10.1. The first-order valence-electron chi connectivity index (χ1n) is 8.21. The number of aliphatic imine (C=N–C) groups is 1. The zero-order chi connectivity index (χ0) is 16.7. The minimum atomic E-state index is 0. The van der Waals surface area contributed by atoms with Crippen molar-refractivity contribution in [3.8, 4) is 0 Å². The van der Waals surface area contributed by atoms with Gasteiger partial charge in [-0.1, -0.05) is 6.07 Å². The smallest absolute Gasteiger partial charge is 0.191 e. The Morgan fingerprint density at radius 2 is 2.00 bits per heavy atom. The topological polar surface area (TPSA) is 61.8 Å². The summed E-state index contributed by atoms with van der Waals surface area (Å²) in [7, 11) is 1.79. The Morgan fingerprint density at radius 3 is 2.62 bits per heavy atom. The number of rotatable bonds is 5. The van der Waals surface area contributed by atoms with E-state index in [2.05, 4.69) is 39.4 Å². The molecule has 1 aromatic rings. The summed E-state index contributed by atoms with van der Waals surface area (Å²) in [5.74, 6) is 0.801. The Hall–Kier alpha value is -0.930. The first-order valence-corrected chi connectivity index (χ1v) is 8.21. The number of pyridine rings is 1. The van der Waals surface area contributed by atoms with Crippen molar-refractivity contribution in [2.75, 3.05) is 39.9 Å². The number of aryl methyl sites for hydroxylation is 1. The normalized spacial score (nSPS) is 16.4. The lowest BCUT2D eigenvalue weighted by Gasteiger charge is -2.41. The molecule has 136 valence electrons. The molecule has 0 saturated carbocycles. The van der Waals surface area contributed by atoms with Gasteiger partial charge >= 0.3 is 0 Å². The summed E-state index contributed by atoms with van der Waals surface area (Å²) < 4.78 is 5.43. The number of hydrogen-bond donors (Lipinski definition) is 2. The molecular formula is C17H30IN5O. The first-order chi connectivity index (χ1) is 11.0. The van der Waals surface area contributed by atoms with E-state index in [0.717, 1.165) is 50.2 Å². The summed E-state index contributed by atoms with van der Waals surface area (Å²) in [4.78, 5) is 11.2. The number of guanidine groups is 1. The fraction of sp³-hybridized carbons (Fsp3) is 0.647. The van der Waals surface area contributed by atoms with Gasteiger partial charge in [-0.15, -0.1) is 24.0 Å². The lowest BCUT2D eigenvalue weighted by Crippen LogP contribution is -2.56. The van der Waals surface area contributed by atoms with Crippen molar-refractivity contribution in [3.05, 3.63) is 29.6 Å². The second-order valence-electron chi connectivity index (χ2n) is 6.46. The lowest BCUT2D eigenvalue weighted by molar-refractivity contribution is -0.00834. The Balaban J connectivity index is 0.00000288. The summed E-state index contributed by atoms with van der Waals surface area (Å²) in [6.45, 7) is 11.6. The minimum absolute atomic E-state index is 0. The van der Waals surface area contributed by atoms with Crippen LogP contribution >= 0.6 is 24.0 Å². The molecule has 0 spiro atoms. The number of halogens is 1. The highest BCUT2D eigenvalue weighted by molar-refractivity contribution is 14.0. The van der Waals surface area contributed by atoms with E-state index < -0.39 is 0 Å². The van der Waals surface area contributed by atoms with Crippen LogP contribution in [0.5, 0.6) is 0 Å². The third-order valence-electron chi connectivity index (χ3n) is 4.16. The SMILES string of the molecule is CN=C(NCc1cccc(C)n1)NCC(C)(C)N1CCOCC1.I. The Bertz CT molecular complexity index is 529. The number of morpholine rings is 1. The van der Waals surface area contributed by atoms with Crippen molar-refractivity contribution in [2.24, 2.45) is 4.99 Å². The summed E-state index contributed by atoms with van der Waals surface area (Å²) in [5, 5.41) is 6.74. The van der Waals surface area contributed by atoms with Crippen LogP contribution in [-0.2, 0) is 11.3 Å². The first kappa shape index (κ1) is 21.1. The number of ether oxygens (including phenoxy) is 1. The van der Waals surface area contributed by atoms with E-state index in [1.807, 2.05) is 25.1 Å². The van der Waals surface area contributed by atoms with Gasteiger partial charge in [0.25, 0.3) is 0 Å². The highest BCUT2D eigenvalue weighted by Gasteiger charge is 2.28. The molecule has 0 aromatic carbocycles. The Morgan fingerprint density at radius 1 is 1.29 bits per heavy atom. The molecule has 0 aliphatic carbocycles. The molecule has 1 saturated heterocycles. The third kappa shape index (κ3) is 6.52. The van der Waals surface area contributed by atoms with Crippen LogP contribution in [0.3, 0.4) is 0 Å². The largest absolute Gasteiger partial charge is 0.379 e. The maximum atomic E-state index is 5.43. The highest BCUT2D eigenvalue weighted by Crippen LogP contribution is 2.14. The molecule has 0 amide bonds. The molecule has 2 N–H and O–H groups in total. The van der Waals surface area contributed by atoms with E-state index in [1.54, 1.807) is 7.05 Å². The lowest BCUT2D eigenvalue weighted by atomic mass is 10.0. The Kier molecular flexibility index (Phi) is 8.93. The van der Waals surface area contributed by atoms with Crippen LogP contribution < -0.4 is 10.6 Å².